The maximum Gasteiger partial charge on any atom is 0.231 e. The molecule has 2 rings (SSSR count). The Morgan fingerprint density at radius 3 is 2.71 bits per heavy atom. The summed E-state index contributed by atoms with van der Waals surface area (Å²) >= 11 is 3.11. The summed E-state index contributed by atoms with van der Waals surface area (Å²) in [5.41, 5.74) is -0.120. The first-order valence-corrected chi connectivity index (χ1v) is 7.12. The second-order valence-corrected chi connectivity index (χ2v) is 6.55. The summed E-state index contributed by atoms with van der Waals surface area (Å²) in [4.78, 5) is 15.7. The van der Waals surface area contributed by atoms with Crippen molar-refractivity contribution in [1.82, 2.24) is 10.1 Å². The van der Waals surface area contributed by atoms with E-state index in [1.165, 1.54) is 12.3 Å². The first-order valence-electron chi connectivity index (χ1n) is 6.32. The number of amides is 1. The Morgan fingerprint density at radius 2 is 2.14 bits per heavy atom. The molecule has 0 atom stereocenters. The van der Waals surface area contributed by atoms with Gasteiger partial charge in [0.15, 0.2) is 5.82 Å². The number of halogens is 2. The van der Waals surface area contributed by atoms with Crippen LogP contribution in [0.15, 0.2) is 27.3 Å². The molecule has 0 spiro atoms. The van der Waals surface area contributed by atoms with Crippen LogP contribution < -0.4 is 5.32 Å². The number of anilines is 1. The molecule has 2 aromatic rings. The standard InChI is InChI=1S/C14H15BrFN3O2/c1-14(2,3)11-6-12(19-21-11)18-13(20)5-10-9(16)4-8(15)7-17-10/h4,6-7H,5H2,1-3H3,(H,18,19,20). The maximum atomic E-state index is 13.6. The molecule has 1 amide bonds. The smallest absolute Gasteiger partial charge is 0.231 e. The molecule has 2 heterocycles. The number of carbonyl (C=O) groups is 1. The highest BCUT2D eigenvalue weighted by molar-refractivity contribution is 9.10. The van der Waals surface area contributed by atoms with Crippen molar-refractivity contribution in [2.24, 2.45) is 0 Å². The van der Waals surface area contributed by atoms with Crippen molar-refractivity contribution >= 4 is 27.7 Å². The van der Waals surface area contributed by atoms with Crippen molar-refractivity contribution < 1.29 is 13.7 Å². The van der Waals surface area contributed by atoms with E-state index < -0.39 is 11.7 Å². The van der Waals surface area contributed by atoms with Crippen LogP contribution in [0.3, 0.4) is 0 Å². The SMILES string of the molecule is CC(C)(C)c1cc(NC(=O)Cc2ncc(Br)cc2F)no1. The van der Waals surface area contributed by atoms with Crippen LogP contribution in [0.5, 0.6) is 0 Å². The molecular formula is C14H15BrFN3O2. The Kier molecular flexibility index (Phi) is 4.41. The number of hydrogen-bond acceptors (Lipinski definition) is 4. The van der Waals surface area contributed by atoms with Crippen LogP contribution in [0.4, 0.5) is 10.2 Å². The molecule has 2 aromatic heterocycles. The molecule has 0 radical (unpaired) electrons. The number of aromatic nitrogens is 2. The number of nitrogens with one attached hydrogen (secondary N) is 1. The van der Waals surface area contributed by atoms with E-state index in [0.717, 1.165) is 0 Å². The Bertz CT molecular complexity index is 664. The van der Waals surface area contributed by atoms with E-state index in [0.29, 0.717) is 16.1 Å². The zero-order chi connectivity index (χ0) is 15.6. The van der Waals surface area contributed by atoms with Crippen molar-refractivity contribution in [2.45, 2.75) is 32.6 Å². The van der Waals surface area contributed by atoms with Crippen molar-refractivity contribution in [3.05, 3.63) is 40.1 Å². The van der Waals surface area contributed by atoms with E-state index in [2.05, 4.69) is 31.4 Å². The van der Waals surface area contributed by atoms with Crippen molar-refractivity contribution in [1.29, 1.82) is 0 Å². The third-order valence-electron chi connectivity index (χ3n) is 2.73. The number of pyridine rings is 1. The minimum Gasteiger partial charge on any atom is -0.359 e. The van der Waals surface area contributed by atoms with Gasteiger partial charge in [-0.2, -0.15) is 0 Å². The van der Waals surface area contributed by atoms with Crippen LogP contribution in [-0.2, 0) is 16.6 Å². The third-order valence-corrected chi connectivity index (χ3v) is 3.16. The molecule has 1 N–H and O–H groups in total. The largest absolute Gasteiger partial charge is 0.359 e. The Hall–Kier alpha value is -1.76. The van der Waals surface area contributed by atoms with Gasteiger partial charge in [-0.3, -0.25) is 9.78 Å². The van der Waals surface area contributed by atoms with E-state index in [4.69, 9.17) is 4.52 Å². The fraction of sp³-hybridized carbons (Fsp3) is 0.357. The van der Waals surface area contributed by atoms with Crippen LogP contribution in [-0.4, -0.2) is 16.0 Å². The second-order valence-electron chi connectivity index (χ2n) is 5.63. The van der Waals surface area contributed by atoms with Gasteiger partial charge in [-0.1, -0.05) is 25.9 Å². The number of rotatable bonds is 3. The molecule has 0 fully saturated rings. The van der Waals surface area contributed by atoms with E-state index in [9.17, 15) is 9.18 Å². The maximum absolute atomic E-state index is 13.6. The van der Waals surface area contributed by atoms with Crippen LogP contribution >= 0.6 is 15.9 Å². The van der Waals surface area contributed by atoms with E-state index in [1.54, 1.807) is 6.07 Å². The number of hydrogen-bond donors (Lipinski definition) is 1. The highest BCUT2D eigenvalue weighted by Gasteiger charge is 2.20. The lowest BCUT2D eigenvalue weighted by Gasteiger charge is -2.12. The predicted octanol–water partition coefficient (Wildman–Crippen LogP) is 3.45. The Morgan fingerprint density at radius 1 is 1.43 bits per heavy atom. The summed E-state index contributed by atoms with van der Waals surface area (Å²) in [5.74, 6) is 0.0285. The molecule has 0 aromatic carbocycles. The lowest BCUT2D eigenvalue weighted by atomic mass is 9.93. The highest BCUT2D eigenvalue weighted by Crippen LogP contribution is 2.24. The summed E-state index contributed by atoms with van der Waals surface area (Å²) in [7, 11) is 0. The van der Waals surface area contributed by atoms with Gasteiger partial charge in [-0.15, -0.1) is 0 Å². The molecule has 21 heavy (non-hydrogen) atoms. The second kappa shape index (κ2) is 5.93. The average Bonchev–Trinajstić information content (AvgIpc) is 2.81. The topological polar surface area (TPSA) is 68.0 Å². The Balaban J connectivity index is 2.03. The zero-order valence-electron chi connectivity index (χ0n) is 11.9. The van der Waals surface area contributed by atoms with Gasteiger partial charge in [0.1, 0.15) is 11.6 Å². The van der Waals surface area contributed by atoms with Crippen LogP contribution in [0.2, 0.25) is 0 Å². The van der Waals surface area contributed by atoms with Gasteiger partial charge in [-0.05, 0) is 22.0 Å². The van der Waals surface area contributed by atoms with E-state index in [1.807, 2.05) is 20.8 Å². The number of nitrogens with zero attached hydrogens (tertiary/aromatic N) is 2. The van der Waals surface area contributed by atoms with Gasteiger partial charge in [0.25, 0.3) is 0 Å². The van der Waals surface area contributed by atoms with Gasteiger partial charge in [0, 0.05) is 22.2 Å². The monoisotopic (exact) mass is 355 g/mol. The summed E-state index contributed by atoms with van der Waals surface area (Å²) in [5, 5.41) is 6.33. The fourth-order valence-corrected chi connectivity index (χ4v) is 1.90. The van der Waals surface area contributed by atoms with Crippen molar-refractivity contribution in [3.63, 3.8) is 0 Å². The molecular weight excluding hydrogens is 341 g/mol. The summed E-state index contributed by atoms with van der Waals surface area (Å²) in [6.45, 7) is 5.92. The molecule has 5 nitrogen and oxygen atoms in total. The minimum atomic E-state index is -0.532. The predicted molar refractivity (Wildman–Crippen MR) is 79.4 cm³/mol. The first kappa shape index (κ1) is 15.6. The molecule has 7 heteroatoms. The van der Waals surface area contributed by atoms with Gasteiger partial charge in [-0.25, -0.2) is 4.39 Å². The van der Waals surface area contributed by atoms with Gasteiger partial charge in [0.05, 0.1) is 12.1 Å². The summed E-state index contributed by atoms with van der Waals surface area (Å²) in [6, 6.07) is 2.92. The van der Waals surface area contributed by atoms with Crippen LogP contribution in [0.1, 0.15) is 32.2 Å². The van der Waals surface area contributed by atoms with Crippen LogP contribution in [0.25, 0.3) is 0 Å². The van der Waals surface area contributed by atoms with Gasteiger partial charge >= 0.3 is 0 Å². The van der Waals surface area contributed by atoms with E-state index in [-0.39, 0.29) is 17.5 Å². The quantitative estimate of drug-likeness (QED) is 0.915. The lowest BCUT2D eigenvalue weighted by molar-refractivity contribution is -0.115. The number of carbonyl (C=O) groups excluding carboxylic acids is 1. The molecule has 0 aliphatic heterocycles. The van der Waals surface area contributed by atoms with Crippen molar-refractivity contribution in [3.8, 4) is 0 Å². The molecule has 0 aliphatic carbocycles. The van der Waals surface area contributed by atoms with Gasteiger partial charge < -0.3 is 9.84 Å². The van der Waals surface area contributed by atoms with Crippen molar-refractivity contribution in [2.75, 3.05) is 5.32 Å². The summed E-state index contributed by atoms with van der Waals surface area (Å²) < 4.78 is 19.3. The zero-order valence-corrected chi connectivity index (χ0v) is 13.5. The first-order chi connectivity index (χ1) is 9.75. The van der Waals surface area contributed by atoms with Crippen LogP contribution in [0, 0.1) is 5.82 Å². The molecule has 0 unspecified atom stereocenters. The average molecular weight is 356 g/mol. The molecule has 112 valence electrons. The third kappa shape index (κ3) is 4.10. The fourth-order valence-electron chi connectivity index (χ4n) is 1.60. The Labute approximate surface area is 130 Å². The molecule has 0 aliphatic rings. The minimum absolute atomic E-state index is 0.0789. The molecule has 0 saturated carbocycles. The van der Waals surface area contributed by atoms with E-state index >= 15 is 0 Å². The molecule has 0 saturated heterocycles. The normalized spacial score (nSPS) is 11.5. The molecule has 0 bridgehead atoms. The summed E-state index contributed by atoms with van der Waals surface area (Å²) in [6.07, 6.45) is 1.27. The lowest BCUT2D eigenvalue weighted by Crippen LogP contribution is -2.16. The highest BCUT2D eigenvalue weighted by atomic mass is 79.9. The van der Waals surface area contributed by atoms with Gasteiger partial charge in [0.2, 0.25) is 5.91 Å².